The summed E-state index contributed by atoms with van der Waals surface area (Å²) < 4.78 is 51.7. The minimum Gasteiger partial charge on any atom is -0.378 e. The van der Waals surface area contributed by atoms with Gasteiger partial charge in [0, 0.05) is 18.3 Å². The Kier molecular flexibility index (Phi) is 3.87. The van der Waals surface area contributed by atoms with Gasteiger partial charge in [-0.15, -0.1) is 0 Å². The molecule has 1 aliphatic heterocycles. The van der Waals surface area contributed by atoms with E-state index >= 15 is 0 Å². The highest BCUT2D eigenvalue weighted by Crippen LogP contribution is 2.30. The molecule has 2 aromatic rings. The van der Waals surface area contributed by atoms with E-state index in [-0.39, 0.29) is 23.7 Å². The maximum atomic E-state index is 13.6. The first kappa shape index (κ1) is 15.9. The molecule has 0 spiro atoms. The highest BCUT2D eigenvalue weighted by atomic mass is 32.2. The molecule has 0 aliphatic carbocycles. The molecule has 23 heavy (non-hydrogen) atoms. The Morgan fingerprint density at radius 3 is 2.87 bits per heavy atom. The quantitative estimate of drug-likeness (QED) is 0.927. The van der Waals surface area contributed by atoms with Gasteiger partial charge in [-0.25, -0.2) is 17.2 Å². The SMILES string of the molecule is C[C@]1(n2cc(CNc3cc(F)ccc3F)cn2)CCS(=O)(=O)C1. The Morgan fingerprint density at radius 1 is 1.39 bits per heavy atom. The van der Waals surface area contributed by atoms with Crippen molar-refractivity contribution in [2.24, 2.45) is 0 Å². The Balaban J connectivity index is 1.72. The van der Waals surface area contributed by atoms with Crippen LogP contribution in [0.25, 0.3) is 0 Å². The average molecular weight is 341 g/mol. The number of benzene rings is 1. The van der Waals surface area contributed by atoms with Crippen LogP contribution in [-0.4, -0.2) is 29.7 Å². The summed E-state index contributed by atoms with van der Waals surface area (Å²) in [4.78, 5) is 0. The molecule has 1 aliphatic rings. The fraction of sp³-hybridized carbons (Fsp3) is 0.400. The van der Waals surface area contributed by atoms with Crippen LogP contribution >= 0.6 is 0 Å². The lowest BCUT2D eigenvalue weighted by Crippen LogP contribution is -2.31. The predicted octanol–water partition coefficient (Wildman–Crippen LogP) is 2.31. The van der Waals surface area contributed by atoms with E-state index in [2.05, 4.69) is 10.4 Å². The Hall–Kier alpha value is -1.96. The maximum Gasteiger partial charge on any atom is 0.152 e. The van der Waals surface area contributed by atoms with Crippen LogP contribution in [0.3, 0.4) is 0 Å². The predicted molar refractivity (Wildman–Crippen MR) is 82.8 cm³/mol. The van der Waals surface area contributed by atoms with E-state index in [4.69, 9.17) is 0 Å². The van der Waals surface area contributed by atoms with Gasteiger partial charge in [0.05, 0.1) is 28.9 Å². The first-order valence-corrected chi connectivity index (χ1v) is 9.03. The lowest BCUT2D eigenvalue weighted by molar-refractivity contribution is 0.328. The molecule has 3 rings (SSSR count). The number of nitrogens with zero attached hydrogens (tertiary/aromatic N) is 2. The second kappa shape index (κ2) is 5.59. The number of hydrogen-bond donors (Lipinski definition) is 1. The van der Waals surface area contributed by atoms with Gasteiger partial charge in [0.15, 0.2) is 9.84 Å². The van der Waals surface area contributed by atoms with Crippen molar-refractivity contribution in [2.45, 2.75) is 25.4 Å². The molecule has 5 nitrogen and oxygen atoms in total. The fourth-order valence-corrected chi connectivity index (χ4v) is 4.87. The Morgan fingerprint density at radius 2 is 2.17 bits per heavy atom. The number of nitrogens with one attached hydrogen (secondary N) is 1. The second-order valence-electron chi connectivity index (χ2n) is 6.11. The molecule has 0 radical (unpaired) electrons. The molecular weight excluding hydrogens is 324 g/mol. The normalized spacial score (nSPS) is 23.1. The maximum absolute atomic E-state index is 13.6. The third-order valence-corrected chi connectivity index (χ3v) is 5.97. The molecule has 1 fully saturated rings. The van der Waals surface area contributed by atoms with Crippen molar-refractivity contribution in [1.29, 1.82) is 0 Å². The van der Waals surface area contributed by atoms with Crippen LogP contribution < -0.4 is 5.32 Å². The zero-order valence-electron chi connectivity index (χ0n) is 12.6. The third kappa shape index (κ3) is 3.36. The molecule has 8 heteroatoms. The van der Waals surface area contributed by atoms with Gasteiger partial charge in [-0.05, 0) is 31.5 Å². The molecule has 0 saturated carbocycles. The zero-order chi connectivity index (χ0) is 16.7. The van der Waals surface area contributed by atoms with Crippen molar-refractivity contribution in [1.82, 2.24) is 9.78 Å². The van der Waals surface area contributed by atoms with E-state index in [1.165, 1.54) is 0 Å². The molecule has 1 aromatic heterocycles. The fourth-order valence-electron chi connectivity index (χ4n) is 2.75. The molecular formula is C15H17F2N3O2S. The van der Waals surface area contributed by atoms with Crippen molar-refractivity contribution in [3.63, 3.8) is 0 Å². The lowest BCUT2D eigenvalue weighted by atomic mass is 10.0. The molecule has 0 bridgehead atoms. The smallest absolute Gasteiger partial charge is 0.152 e. The highest BCUT2D eigenvalue weighted by molar-refractivity contribution is 7.91. The summed E-state index contributed by atoms with van der Waals surface area (Å²) in [6.45, 7) is 2.12. The van der Waals surface area contributed by atoms with Gasteiger partial charge >= 0.3 is 0 Å². The van der Waals surface area contributed by atoms with Crippen molar-refractivity contribution in [3.8, 4) is 0 Å². The average Bonchev–Trinajstić information content (AvgIpc) is 3.05. The van der Waals surface area contributed by atoms with E-state index in [0.717, 1.165) is 23.8 Å². The summed E-state index contributed by atoms with van der Waals surface area (Å²) in [5.41, 5.74) is 0.285. The van der Waals surface area contributed by atoms with Crippen LogP contribution in [0.4, 0.5) is 14.5 Å². The lowest BCUT2D eigenvalue weighted by Gasteiger charge is -2.22. The second-order valence-corrected chi connectivity index (χ2v) is 8.29. The minimum absolute atomic E-state index is 0.0626. The van der Waals surface area contributed by atoms with Crippen LogP contribution in [0.15, 0.2) is 30.6 Å². The number of hydrogen-bond acceptors (Lipinski definition) is 4. The van der Waals surface area contributed by atoms with Gasteiger partial charge in [-0.3, -0.25) is 4.68 Å². The first-order valence-electron chi connectivity index (χ1n) is 7.21. The van der Waals surface area contributed by atoms with Crippen molar-refractivity contribution in [3.05, 3.63) is 47.8 Å². The topological polar surface area (TPSA) is 64.0 Å². The standard InChI is InChI=1S/C15H17F2N3O2S/c1-15(4-5-23(21,22)10-15)20-9-11(8-19-20)7-18-14-6-12(16)2-3-13(14)17/h2-3,6,8-9,18H,4-5,7,10H2,1H3/t15-/m0/s1. The van der Waals surface area contributed by atoms with Crippen LogP contribution in [0.5, 0.6) is 0 Å². The monoisotopic (exact) mass is 341 g/mol. The summed E-state index contributed by atoms with van der Waals surface area (Å²) in [7, 11) is -3.03. The number of aromatic nitrogens is 2. The van der Waals surface area contributed by atoms with E-state index in [9.17, 15) is 17.2 Å². The van der Waals surface area contributed by atoms with Gasteiger partial charge in [0.2, 0.25) is 0 Å². The van der Waals surface area contributed by atoms with Gasteiger partial charge in [-0.1, -0.05) is 0 Å². The number of sulfone groups is 1. The minimum atomic E-state index is -3.03. The summed E-state index contributed by atoms with van der Waals surface area (Å²) in [6.07, 6.45) is 3.85. The van der Waals surface area contributed by atoms with Crippen LogP contribution in [0, 0.1) is 11.6 Å². The van der Waals surface area contributed by atoms with Crippen molar-refractivity contribution < 1.29 is 17.2 Å². The van der Waals surface area contributed by atoms with Gasteiger partial charge in [-0.2, -0.15) is 5.10 Å². The molecule has 1 atom stereocenters. The van der Waals surface area contributed by atoms with E-state index < -0.39 is 27.0 Å². The van der Waals surface area contributed by atoms with E-state index in [1.54, 1.807) is 17.1 Å². The van der Waals surface area contributed by atoms with E-state index in [1.807, 2.05) is 6.92 Å². The number of halogens is 2. The van der Waals surface area contributed by atoms with Gasteiger partial charge in [0.25, 0.3) is 0 Å². The molecule has 124 valence electrons. The molecule has 0 amide bonds. The Bertz CT molecular complexity index is 835. The van der Waals surface area contributed by atoms with Gasteiger partial charge in [0.1, 0.15) is 11.6 Å². The Labute approximate surface area is 133 Å². The molecule has 1 aromatic carbocycles. The molecule has 1 N–H and O–H groups in total. The first-order chi connectivity index (χ1) is 10.8. The van der Waals surface area contributed by atoms with E-state index in [0.29, 0.717) is 6.42 Å². The molecule has 1 saturated heterocycles. The number of anilines is 1. The zero-order valence-corrected chi connectivity index (χ0v) is 13.4. The highest BCUT2D eigenvalue weighted by Gasteiger charge is 2.40. The van der Waals surface area contributed by atoms with Crippen LogP contribution in [0.2, 0.25) is 0 Å². The summed E-state index contributed by atoms with van der Waals surface area (Å²) in [5.74, 6) is -0.834. The van der Waals surface area contributed by atoms with Crippen molar-refractivity contribution in [2.75, 3.05) is 16.8 Å². The summed E-state index contributed by atoms with van der Waals surface area (Å²) >= 11 is 0. The van der Waals surface area contributed by atoms with Crippen LogP contribution in [0.1, 0.15) is 18.9 Å². The number of rotatable bonds is 4. The summed E-state index contributed by atoms with van der Waals surface area (Å²) in [6, 6.07) is 3.20. The molecule has 2 heterocycles. The van der Waals surface area contributed by atoms with Gasteiger partial charge < -0.3 is 5.32 Å². The summed E-state index contributed by atoms with van der Waals surface area (Å²) in [5, 5.41) is 7.05. The molecule has 0 unspecified atom stereocenters. The largest absolute Gasteiger partial charge is 0.378 e. The van der Waals surface area contributed by atoms with Crippen LogP contribution in [-0.2, 0) is 21.9 Å². The van der Waals surface area contributed by atoms with Crippen molar-refractivity contribution >= 4 is 15.5 Å². The third-order valence-electron chi connectivity index (χ3n) is 4.08.